The Labute approximate surface area is 139 Å². The van der Waals surface area contributed by atoms with E-state index in [1.165, 1.54) is 24.7 Å². The predicted octanol–water partition coefficient (Wildman–Crippen LogP) is -1.33. The number of rotatable bonds is 4. The van der Waals surface area contributed by atoms with Gasteiger partial charge in [-0.25, -0.2) is 14.2 Å². The Kier molecular flexibility index (Phi) is 6.72. The predicted molar refractivity (Wildman–Crippen MR) is 77.5 cm³/mol. The molecule has 0 aliphatic rings. The molecule has 0 atom stereocenters. The number of nitrogens with zero attached hydrogens (tertiary/aromatic N) is 2. The molecule has 0 N–H and O–H groups in total. The first kappa shape index (κ1) is 17.8. The van der Waals surface area contributed by atoms with Crippen LogP contribution in [0.4, 0.5) is 0 Å². The molecule has 22 heavy (non-hydrogen) atoms. The monoisotopic (exact) mass is 364 g/mol. The standard InChI is InChI=1S/C16H17N2O3.BrH/c1-13(19)18-10-9-17(12-18)11-15-5-3-14(4-6-15)7-8-16(20)21-2;/h3-10,12H,11H2,1-2H3;1H/q+1;/p-1/b8-7+;. The largest absolute Gasteiger partial charge is 1.00 e. The van der Waals surface area contributed by atoms with Crippen LogP contribution in [0.1, 0.15) is 22.8 Å². The molecule has 2 rings (SSSR count). The topological polar surface area (TPSA) is 52.2 Å². The molecule has 0 aliphatic heterocycles. The molecule has 0 radical (unpaired) electrons. The minimum Gasteiger partial charge on any atom is -1.00 e. The molecular formula is C16H17BrN2O3. The summed E-state index contributed by atoms with van der Waals surface area (Å²) in [5.74, 6) is -0.391. The summed E-state index contributed by atoms with van der Waals surface area (Å²) in [5, 5.41) is 0. The van der Waals surface area contributed by atoms with Crippen LogP contribution in [0.25, 0.3) is 6.08 Å². The summed E-state index contributed by atoms with van der Waals surface area (Å²) in [5.41, 5.74) is 2.03. The molecule has 0 spiro atoms. The molecule has 0 aliphatic carbocycles. The van der Waals surface area contributed by atoms with E-state index in [0.29, 0.717) is 6.54 Å². The second kappa shape index (κ2) is 8.29. The number of imidazole rings is 1. The van der Waals surface area contributed by atoms with Crippen LogP contribution in [0.15, 0.2) is 49.1 Å². The van der Waals surface area contributed by atoms with E-state index < -0.39 is 0 Å². The number of halogens is 1. The van der Waals surface area contributed by atoms with Crippen molar-refractivity contribution in [1.82, 2.24) is 4.57 Å². The van der Waals surface area contributed by atoms with Gasteiger partial charge in [0.2, 0.25) is 0 Å². The van der Waals surface area contributed by atoms with Gasteiger partial charge in [-0.1, -0.05) is 24.3 Å². The number of ether oxygens (including phenoxy) is 1. The molecule has 0 saturated heterocycles. The second-order valence-corrected chi connectivity index (χ2v) is 4.61. The third-order valence-corrected chi connectivity index (χ3v) is 3.01. The number of hydrogen-bond donors (Lipinski definition) is 0. The number of esters is 1. The van der Waals surface area contributed by atoms with Crippen LogP contribution in [-0.2, 0) is 16.1 Å². The van der Waals surface area contributed by atoms with Gasteiger partial charge in [0, 0.05) is 13.0 Å². The lowest BCUT2D eigenvalue weighted by Crippen LogP contribution is -3.00. The van der Waals surface area contributed by atoms with Gasteiger partial charge in [0.15, 0.2) is 0 Å². The van der Waals surface area contributed by atoms with Crippen LogP contribution in [0.2, 0.25) is 0 Å². The van der Waals surface area contributed by atoms with Crippen molar-refractivity contribution in [3.63, 3.8) is 0 Å². The fourth-order valence-electron chi connectivity index (χ4n) is 1.85. The van der Waals surface area contributed by atoms with Gasteiger partial charge in [0.1, 0.15) is 18.9 Å². The Morgan fingerprint density at radius 2 is 1.95 bits per heavy atom. The Balaban J connectivity index is 0.00000242. The van der Waals surface area contributed by atoms with Crippen molar-refractivity contribution in [2.24, 2.45) is 0 Å². The van der Waals surface area contributed by atoms with E-state index in [-0.39, 0.29) is 28.9 Å². The van der Waals surface area contributed by atoms with E-state index in [1.54, 1.807) is 18.6 Å². The first-order valence-electron chi connectivity index (χ1n) is 6.51. The number of aromatic nitrogens is 2. The average molecular weight is 365 g/mol. The fraction of sp³-hybridized carbons (Fsp3) is 0.188. The zero-order valence-electron chi connectivity index (χ0n) is 12.4. The summed E-state index contributed by atoms with van der Waals surface area (Å²) in [7, 11) is 1.35. The molecule has 1 aromatic heterocycles. The van der Waals surface area contributed by atoms with Crippen LogP contribution < -0.4 is 21.5 Å². The SMILES string of the molecule is COC(=O)/C=C/c1ccc(C[n+]2ccn(C(C)=O)c2)cc1.[Br-]. The highest BCUT2D eigenvalue weighted by atomic mass is 79.9. The second-order valence-electron chi connectivity index (χ2n) is 4.61. The third kappa shape index (κ3) is 4.96. The van der Waals surface area contributed by atoms with Crippen LogP contribution in [-0.4, -0.2) is 23.6 Å². The quantitative estimate of drug-likeness (QED) is 0.384. The maximum absolute atomic E-state index is 11.2. The van der Waals surface area contributed by atoms with Gasteiger partial charge >= 0.3 is 11.9 Å². The molecule has 116 valence electrons. The molecule has 5 nitrogen and oxygen atoms in total. The Morgan fingerprint density at radius 1 is 1.27 bits per heavy atom. The van der Waals surface area contributed by atoms with E-state index in [1.807, 2.05) is 35.0 Å². The van der Waals surface area contributed by atoms with E-state index in [0.717, 1.165) is 11.1 Å². The van der Waals surface area contributed by atoms with Crippen LogP contribution >= 0.6 is 0 Å². The van der Waals surface area contributed by atoms with E-state index in [9.17, 15) is 9.59 Å². The Hall–Kier alpha value is -2.21. The smallest absolute Gasteiger partial charge is 0.330 e. The number of carbonyl (C=O) groups excluding carboxylic acids is 2. The van der Waals surface area contributed by atoms with Gasteiger partial charge in [-0.3, -0.25) is 0 Å². The van der Waals surface area contributed by atoms with Crippen LogP contribution in [0, 0.1) is 0 Å². The average Bonchev–Trinajstić information content (AvgIpc) is 2.95. The molecule has 0 unspecified atom stereocenters. The highest BCUT2D eigenvalue weighted by Gasteiger charge is 2.07. The van der Waals surface area contributed by atoms with Gasteiger partial charge in [-0.15, -0.1) is 0 Å². The summed E-state index contributed by atoms with van der Waals surface area (Å²) in [6.07, 6.45) is 8.43. The van der Waals surface area contributed by atoms with Gasteiger partial charge in [-0.2, -0.15) is 4.57 Å². The Bertz CT molecular complexity index is 675. The lowest BCUT2D eigenvalue weighted by molar-refractivity contribution is -0.687. The van der Waals surface area contributed by atoms with Crippen LogP contribution in [0.5, 0.6) is 0 Å². The molecule has 2 aromatic rings. The maximum Gasteiger partial charge on any atom is 0.330 e. The molecule has 0 fully saturated rings. The number of carbonyl (C=O) groups is 2. The Morgan fingerprint density at radius 3 is 2.50 bits per heavy atom. The zero-order chi connectivity index (χ0) is 15.2. The molecule has 1 heterocycles. The van der Waals surface area contributed by atoms with E-state index >= 15 is 0 Å². The van der Waals surface area contributed by atoms with Gasteiger partial charge in [0.05, 0.1) is 7.11 Å². The fourth-order valence-corrected chi connectivity index (χ4v) is 1.85. The summed E-state index contributed by atoms with van der Waals surface area (Å²) < 4.78 is 8.00. The molecule has 0 bridgehead atoms. The van der Waals surface area contributed by atoms with Gasteiger partial charge in [-0.05, 0) is 17.2 Å². The van der Waals surface area contributed by atoms with Crippen LogP contribution in [0.3, 0.4) is 0 Å². The molecule has 0 amide bonds. The van der Waals surface area contributed by atoms with Crippen molar-refractivity contribution in [3.8, 4) is 0 Å². The number of methoxy groups -OCH3 is 1. The molecule has 0 saturated carbocycles. The van der Waals surface area contributed by atoms with Crippen molar-refractivity contribution in [2.45, 2.75) is 13.5 Å². The normalized spacial score (nSPS) is 10.3. The first-order chi connectivity index (χ1) is 10.1. The summed E-state index contributed by atoms with van der Waals surface area (Å²) in [6.45, 7) is 2.20. The van der Waals surface area contributed by atoms with Gasteiger partial charge in [0.25, 0.3) is 6.33 Å². The van der Waals surface area contributed by atoms with Crippen molar-refractivity contribution < 1.29 is 35.9 Å². The zero-order valence-corrected chi connectivity index (χ0v) is 14.0. The third-order valence-electron chi connectivity index (χ3n) is 3.01. The lowest BCUT2D eigenvalue weighted by atomic mass is 10.1. The minimum atomic E-state index is -0.375. The summed E-state index contributed by atoms with van der Waals surface area (Å²) >= 11 is 0. The van der Waals surface area contributed by atoms with Crippen molar-refractivity contribution >= 4 is 18.0 Å². The maximum atomic E-state index is 11.2. The number of benzene rings is 1. The first-order valence-corrected chi connectivity index (χ1v) is 6.51. The van der Waals surface area contributed by atoms with Crippen molar-refractivity contribution in [2.75, 3.05) is 7.11 Å². The highest BCUT2D eigenvalue weighted by Crippen LogP contribution is 2.06. The van der Waals surface area contributed by atoms with Gasteiger partial charge < -0.3 is 21.7 Å². The highest BCUT2D eigenvalue weighted by molar-refractivity contribution is 5.86. The summed E-state index contributed by atoms with van der Waals surface area (Å²) in [4.78, 5) is 22.2. The molecular weight excluding hydrogens is 348 g/mol. The van der Waals surface area contributed by atoms with Crippen molar-refractivity contribution in [3.05, 3.63) is 60.2 Å². The molecule has 6 heteroatoms. The van der Waals surface area contributed by atoms with Crippen molar-refractivity contribution in [1.29, 1.82) is 0 Å². The van der Waals surface area contributed by atoms with E-state index in [2.05, 4.69) is 4.74 Å². The lowest BCUT2D eigenvalue weighted by Gasteiger charge is -1.99. The van der Waals surface area contributed by atoms with E-state index in [4.69, 9.17) is 0 Å². The minimum absolute atomic E-state index is 0. The summed E-state index contributed by atoms with van der Waals surface area (Å²) in [6, 6.07) is 7.82. The molecule has 1 aromatic carbocycles. The number of hydrogen-bond acceptors (Lipinski definition) is 3.